The van der Waals surface area contributed by atoms with Crippen molar-refractivity contribution >= 4 is 33.0 Å². The summed E-state index contributed by atoms with van der Waals surface area (Å²) in [5.74, 6) is -0.603. The maximum absolute atomic E-state index is 12.2. The molecule has 1 saturated carbocycles. The van der Waals surface area contributed by atoms with Crippen molar-refractivity contribution in [2.75, 3.05) is 10.8 Å². The Kier molecular flexibility index (Phi) is 5.58. The fraction of sp³-hybridized carbons (Fsp3) is 0.421. The van der Waals surface area contributed by atoms with Crippen molar-refractivity contribution in [3.63, 3.8) is 0 Å². The zero-order valence-corrected chi connectivity index (χ0v) is 17.8. The van der Waals surface area contributed by atoms with Gasteiger partial charge in [0.25, 0.3) is 16.0 Å². The molecular weight excluding hydrogens is 422 g/mol. The predicted molar refractivity (Wildman–Crippen MR) is 112 cm³/mol. The summed E-state index contributed by atoms with van der Waals surface area (Å²) in [6, 6.07) is 9.02. The van der Waals surface area contributed by atoms with Crippen LogP contribution in [0.1, 0.15) is 32.6 Å². The molecule has 31 heavy (non-hydrogen) atoms. The number of benzene rings is 1. The van der Waals surface area contributed by atoms with E-state index < -0.39 is 21.6 Å². The van der Waals surface area contributed by atoms with Gasteiger partial charge in [-0.1, -0.05) is 12.1 Å². The molecular formula is C19H23N7O4S. The first-order valence-corrected chi connectivity index (χ1v) is 11.5. The molecule has 3 aromatic rings. The molecule has 0 radical (unpaired) electrons. The molecule has 2 aromatic heterocycles. The third-order valence-electron chi connectivity index (χ3n) is 5.49. The van der Waals surface area contributed by atoms with Gasteiger partial charge in [-0.05, 0) is 56.0 Å². The topological polar surface area (TPSA) is 146 Å². The molecule has 0 saturated heterocycles. The molecule has 0 atom stereocenters. The van der Waals surface area contributed by atoms with Crippen molar-refractivity contribution < 1.29 is 17.4 Å². The number of aromatic nitrogens is 5. The Morgan fingerprint density at radius 1 is 1.23 bits per heavy atom. The molecule has 1 aliphatic carbocycles. The number of nitrogens with two attached hydrogens (primary N) is 1. The van der Waals surface area contributed by atoms with Crippen LogP contribution in [-0.2, 0) is 19.1 Å². The van der Waals surface area contributed by atoms with Gasteiger partial charge < -0.3 is 5.73 Å². The molecule has 1 aliphatic rings. The number of amides is 1. The van der Waals surface area contributed by atoms with Gasteiger partial charge in [-0.15, -0.1) is 9.89 Å². The van der Waals surface area contributed by atoms with Gasteiger partial charge in [-0.3, -0.25) is 8.98 Å². The highest BCUT2D eigenvalue weighted by Crippen LogP contribution is 2.36. The number of hydrogen-bond donors (Lipinski definition) is 1. The average molecular weight is 446 g/mol. The second-order valence-corrected chi connectivity index (χ2v) is 9.24. The van der Waals surface area contributed by atoms with Gasteiger partial charge in [0.05, 0.1) is 11.8 Å². The molecule has 1 amide bonds. The third kappa shape index (κ3) is 4.08. The van der Waals surface area contributed by atoms with Crippen molar-refractivity contribution in [1.29, 1.82) is 0 Å². The van der Waals surface area contributed by atoms with E-state index in [4.69, 9.17) is 9.92 Å². The quantitative estimate of drug-likeness (QED) is 0.527. The smallest absolute Gasteiger partial charge is 0.268 e. The zero-order valence-electron chi connectivity index (χ0n) is 17.0. The van der Waals surface area contributed by atoms with E-state index in [-0.39, 0.29) is 24.6 Å². The lowest BCUT2D eigenvalue weighted by Gasteiger charge is -2.40. The summed E-state index contributed by atoms with van der Waals surface area (Å²) in [6.07, 6.45) is 4.36. The summed E-state index contributed by atoms with van der Waals surface area (Å²) in [4.78, 5) is 22.6. The lowest BCUT2D eigenvalue weighted by molar-refractivity contribution is -0.136. The third-order valence-corrected chi connectivity index (χ3v) is 6.77. The van der Waals surface area contributed by atoms with E-state index in [1.165, 1.54) is 6.92 Å². The molecule has 0 spiro atoms. The molecule has 164 valence electrons. The van der Waals surface area contributed by atoms with E-state index in [1.54, 1.807) is 23.3 Å². The van der Waals surface area contributed by atoms with E-state index in [2.05, 4.69) is 20.3 Å². The SMILES string of the molecule is CCS(=O)(=O)OC1(C(N)=O)CCC(N(c2ncccn2)n2nnc3ccccc32)CC1. The van der Waals surface area contributed by atoms with Gasteiger partial charge in [-0.25, -0.2) is 15.0 Å². The normalized spacial score (nSPS) is 21.8. The van der Waals surface area contributed by atoms with Crippen LogP contribution < -0.4 is 10.7 Å². The highest BCUT2D eigenvalue weighted by atomic mass is 32.2. The van der Waals surface area contributed by atoms with E-state index in [0.29, 0.717) is 24.3 Å². The number of nitrogens with zero attached hydrogens (tertiary/aromatic N) is 6. The summed E-state index contributed by atoms with van der Waals surface area (Å²) in [5, 5.41) is 10.3. The van der Waals surface area contributed by atoms with Crippen LogP contribution in [0.2, 0.25) is 0 Å². The Labute approximate surface area is 179 Å². The largest absolute Gasteiger partial charge is 0.367 e. The lowest BCUT2D eigenvalue weighted by Crippen LogP contribution is -2.54. The van der Waals surface area contributed by atoms with E-state index in [1.807, 2.05) is 29.3 Å². The minimum Gasteiger partial charge on any atom is -0.367 e. The van der Waals surface area contributed by atoms with Crippen LogP contribution >= 0.6 is 0 Å². The highest BCUT2D eigenvalue weighted by Gasteiger charge is 2.46. The minimum atomic E-state index is -3.85. The number of carbonyl (C=O) groups is 1. The van der Waals surface area contributed by atoms with Crippen LogP contribution in [0.4, 0.5) is 5.95 Å². The van der Waals surface area contributed by atoms with Crippen LogP contribution in [-0.4, -0.2) is 56.8 Å². The maximum atomic E-state index is 12.2. The molecule has 4 rings (SSSR count). The molecule has 1 fully saturated rings. The number of anilines is 1. The van der Waals surface area contributed by atoms with Crippen molar-refractivity contribution in [3.8, 4) is 0 Å². The fourth-order valence-corrected chi connectivity index (χ4v) is 4.67. The number of fused-ring (bicyclic) bond motifs is 1. The molecule has 12 heteroatoms. The van der Waals surface area contributed by atoms with Gasteiger partial charge in [0.2, 0.25) is 5.95 Å². The number of rotatable bonds is 7. The second-order valence-electron chi connectivity index (χ2n) is 7.38. The summed E-state index contributed by atoms with van der Waals surface area (Å²) in [7, 11) is -3.85. The van der Waals surface area contributed by atoms with Crippen molar-refractivity contribution in [3.05, 3.63) is 42.7 Å². The van der Waals surface area contributed by atoms with Crippen molar-refractivity contribution in [2.45, 2.75) is 44.2 Å². The first kappa shape index (κ1) is 21.1. The Morgan fingerprint density at radius 2 is 1.90 bits per heavy atom. The van der Waals surface area contributed by atoms with Gasteiger partial charge >= 0.3 is 0 Å². The number of hydrogen-bond acceptors (Lipinski definition) is 9. The fourth-order valence-electron chi connectivity index (χ4n) is 3.81. The zero-order chi connectivity index (χ0) is 22.1. The molecule has 11 nitrogen and oxygen atoms in total. The van der Waals surface area contributed by atoms with Crippen LogP contribution in [0.15, 0.2) is 42.7 Å². The van der Waals surface area contributed by atoms with E-state index >= 15 is 0 Å². The summed E-state index contributed by atoms with van der Waals surface area (Å²) in [6.45, 7) is 1.46. The number of primary amides is 1. The minimum absolute atomic E-state index is 0.141. The van der Waals surface area contributed by atoms with Gasteiger partial charge in [0.15, 0.2) is 5.60 Å². The Balaban J connectivity index is 1.68. The number of para-hydroxylation sites is 1. The molecule has 2 N–H and O–H groups in total. The standard InChI is InChI=1S/C19H23N7O4S/c1-2-31(28,29)30-19(17(20)27)10-8-14(9-11-19)25(18-21-12-5-13-22-18)26-16-7-4-3-6-15(16)23-24-26/h3-7,12-14H,2,8-11H2,1H3,(H2,20,27). The second kappa shape index (κ2) is 8.19. The Morgan fingerprint density at radius 3 is 2.55 bits per heavy atom. The van der Waals surface area contributed by atoms with Crippen LogP contribution in [0.25, 0.3) is 11.0 Å². The highest BCUT2D eigenvalue weighted by molar-refractivity contribution is 7.86. The summed E-state index contributed by atoms with van der Waals surface area (Å²) < 4.78 is 29.4. The Bertz CT molecular complexity index is 1170. The molecule has 0 bridgehead atoms. The van der Waals surface area contributed by atoms with Crippen LogP contribution in [0.3, 0.4) is 0 Å². The average Bonchev–Trinajstić information content (AvgIpc) is 3.19. The van der Waals surface area contributed by atoms with Crippen molar-refractivity contribution in [2.24, 2.45) is 5.73 Å². The summed E-state index contributed by atoms with van der Waals surface area (Å²) >= 11 is 0. The molecule has 0 aliphatic heterocycles. The van der Waals surface area contributed by atoms with E-state index in [0.717, 1.165) is 5.52 Å². The van der Waals surface area contributed by atoms with Gasteiger partial charge in [0, 0.05) is 12.4 Å². The van der Waals surface area contributed by atoms with E-state index in [9.17, 15) is 13.2 Å². The van der Waals surface area contributed by atoms with Gasteiger partial charge in [0.1, 0.15) is 11.0 Å². The molecule has 0 unspecified atom stereocenters. The maximum Gasteiger partial charge on any atom is 0.268 e. The first-order valence-electron chi connectivity index (χ1n) is 9.95. The number of carbonyl (C=O) groups excluding carboxylic acids is 1. The molecule has 2 heterocycles. The molecule has 1 aromatic carbocycles. The summed E-state index contributed by atoms with van der Waals surface area (Å²) in [5.41, 5.74) is 5.50. The van der Waals surface area contributed by atoms with Gasteiger partial charge in [-0.2, -0.15) is 8.42 Å². The predicted octanol–water partition coefficient (Wildman–Crippen LogP) is 1.02. The van der Waals surface area contributed by atoms with Crippen LogP contribution in [0, 0.1) is 0 Å². The van der Waals surface area contributed by atoms with Crippen LogP contribution in [0.5, 0.6) is 0 Å². The monoisotopic (exact) mass is 445 g/mol. The van der Waals surface area contributed by atoms with Crippen molar-refractivity contribution in [1.82, 2.24) is 25.1 Å². The lowest BCUT2D eigenvalue weighted by atomic mass is 9.81. The Hall–Kier alpha value is -3.12. The first-order chi connectivity index (χ1) is 14.9.